The molecule has 34 heavy (non-hydrogen) atoms. The van der Waals surface area contributed by atoms with E-state index < -0.39 is 36.9 Å². The molecule has 3 aromatic heterocycles. The van der Waals surface area contributed by atoms with Crippen LogP contribution in [-0.4, -0.2) is 48.7 Å². The smallest absolute Gasteiger partial charge is 0.433 e. The lowest BCUT2D eigenvalue weighted by Crippen LogP contribution is -2.29. The van der Waals surface area contributed by atoms with Crippen LogP contribution >= 0.6 is 0 Å². The van der Waals surface area contributed by atoms with Crippen molar-refractivity contribution in [2.45, 2.75) is 44.3 Å². The molecule has 0 saturated heterocycles. The van der Waals surface area contributed by atoms with Crippen LogP contribution < -0.4 is 10.1 Å². The SMILES string of the molecule is CC(NC(=O)c1cc(C2CC2)nc(C(F)(F)F)c1)c1ncnn1-c1ncc(OCC(F)F)cn1. The van der Waals surface area contributed by atoms with Crippen molar-refractivity contribution in [3.05, 3.63) is 53.6 Å². The van der Waals surface area contributed by atoms with Crippen LogP contribution in [0.15, 0.2) is 30.9 Å². The zero-order valence-corrected chi connectivity index (χ0v) is 17.6. The van der Waals surface area contributed by atoms with E-state index >= 15 is 0 Å². The van der Waals surface area contributed by atoms with Crippen LogP contribution in [0.2, 0.25) is 0 Å². The zero-order valence-electron chi connectivity index (χ0n) is 17.6. The highest BCUT2D eigenvalue weighted by Crippen LogP contribution is 2.40. The van der Waals surface area contributed by atoms with Crippen molar-refractivity contribution < 1.29 is 31.5 Å². The number of hydrogen-bond acceptors (Lipinski definition) is 7. The number of nitrogens with zero attached hydrogens (tertiary/aromatic N) is 6. The van der Waals surface area contributed by atoms with Crippen molar-refractivity contribution in [3.8, 4) is 11.7 Å². The van der Waals surface area contributed by atoms with Gasteiger partial charge in [-0.05, 0) is 31.9 Å². The van der Waals surface area contributed by atoms with Gasteiger partial charge < -0.3 is 10.1 Å². The number of hydrogen-bond donors (Lipinski definition) is 1. The summed E-state index contributed by atoms with van der Waals surface area (Å²) in [6.07, 6.45) is -2.36. The number of nitrogens with one attached hydrogen (secondary N) is 1. The maximum absolute atomic E-state index is 13.3. The Kier molecular flexibility index (Phi) is 6.39. The molecule has 1 aliphatic carbocycles. The van der Waals surface area contributed by atoms with Gasteiger partial charge in [-0.3, -0.25) is 4.79 Å². The lowest BCUT2D eigenvalue weighted by Gasteiger charge is -2.15. The monoisotopic (exact) mass is 483 g/mol. The Hall–Kier alpha value is -3.71. The predicted octanol–water partition coefficient (Wildman–Crippen LogP) is 3.48. The van der Waals surface area contributed by atoms with Gasteiger partial charge in [0.25, 0.3) is 18.3 Å². The maximum Gasteiger partial charge on any atom is 0.433 e. The number of amides is 1. The first-order chi connectivity index (χ1) is 16.1. The summed E-state index contributed by atoms with van der Waals surface area (Å²) >= 11 is 0. The fourth-order valence-corrected chi connectivity index (χ4v) is 3.11. The molecule has 1 fully saturated rings. The van der Waals surface area contributed by atoms with Crippen LogP contribution in [0.25, 0.3) is 5.95 Å². The van der Waals surface area contributed by atoms with E-state index in [9.17, 15) is 26.7 Å². The normalized spacial score (nSPS) is 14.8. The summed E-state index contributed by atoms with van der Waals surface area (Å²) in [6.45, 7) is 0.750. The van der Waals surface area contributed by atoms with E-state index in [0.29, 0.717) is 6.07 Å². The molecule has 3 aromatic rings. The number of alkyl halides is 5. The highest BCUT2D eigenvalue weighted by molar-refractivity contribution is 5.94. The number of ether oxygens (including phenoxy) is 1. The average Bonchev–Trinajstić information content (AvgIpc) is 3.53. The number of carbonyl (C=O) groups is 1. The molecular weight excluding hydrogens is 465 g/mol. The van der Waals surface area contributed by atoms with Gasteiger partial charge in [0, 0.05) is 17.2 Å². The average molecular weight is 483 g/mol. The molecule has 0 radical (unpaired) electrons. The molecule has 180 valence electrons. The van der Waals surface area contributed by atoms with Gasteiger partial charge in [-0.25, -0.2) is 28.7 Å². The summed E-state index contributed by atoms with van der Waals surface area (Å²) in [5, 5.41) is 6.59. The Bertz CT molecular complexity index is 1160. The van der Waals surface area contributed by atoms with Crippen molar-refractivity contribution >= 4 is 5.91 Å². The first kappa shape index (κ1) is 23.4. The molecule has 1 aliphatic rings. The van der Waals surface area contributed by atoms with Gasteiger partial charge in [0.15, 0.2) is 11.6 Å². The molecule has 3 heterocycles. The van der Waals surface area contributed by atoms with Crippen LogP contribution in [0, 0.1) is 0 Å². The number of carbonyl (C=O) groups excluding carboxylic acids is 1. The standard InChI is InChI=1S/C20H18F5N7O2/c1-10(17-28-9-29-32(17)19-26-6-13(7-27-19)34-8-16(21)22)30-18(33)12-4-14(11-2-3-11)31-15(5-12)20(23,24)25/h4-7,9-11,16H,2-3,8H2,1H3,(H,30,33). The molecule has 1 N–H and O–H groups in total. The van der Waals surface area contributed by atoms with Crippen LogP contribution in [0.5, 0.6) is 5.75 Å². The zero-order chi connectivity index (χ0) is 24.5. The van der Waals surface area contributed by atoms with Crippen molar-refractivity contribution in [1.82, 2.24) is 35.0 Å². The molecule has 9 nitrogen and oxygen atoms in total. The molecule has 0 aromatic carbocycles. The number of aromatic nitrogens is 6. The van der Waals surface area contributed by atoms with Crippen molar-refractivity contribution in [2.75, 3.05) is 6.61 Å². The molecule has 0 bridgehead atoms. The molecule has 1 saturated carbocycles. The molecule has 0 spiro atoms. The van der Waals surface area contributed by atoms with E-state index in [0.717, 1.165) is 12.8 Å². The van der Waals surface area contributed by atoms with Crippen molar-refractivity contribution in [3.63, 3.8) is 0 Å². The van der Waals surface area contributed by atoms with Crippen LogP contribution in [0.1, 0.15) is 59.3 Å². The van der Waals surface area contributed by atoms with Gasteiger partial charge in [0.05, 0.1) is 18.4 Å². The summed E-state index contributed by atoms with van der Waals surface area (Å²) in [4.78, 5) is 28.5. The van der Waals surface area contributed by atoms with Crippen LogP contribution in [-0.2, 0) is 6.18 Å². The first-order valence-electron chi connectivity index (χ1n) is 10.1. The summed E-state index contributed by atoms with van der Waals surface area (Å²) in [6, 6.07) is 1.28. The van der Waals surface area contributed by atoms with Gasteiger partial charge in [0.1, 0.15) is 18.6 Å². The lowest BCUT2D eigenvalue weighted by atomic mass is 10.1. The lowest BCUT2D eigenvalue weighted by molar-refractivity contribution is -0.141. The topological polar surface area (TPSA) is 108 Å². The van der Waals surface area contributed by atoms with E-state index in [2.05, 4.69) is 30.4 Å². The summed E-state index contributed by atoms with van der Waals surface area (Å²) in [5.74, 6) is -0.580. The number of halogens is 5. The minimum atomic E-state index is -4.69. The summed E-state index contributed by atoms with van der Waals surface area (Å²) in [5.41, 5.74) is -1.06. The minimum Gasteiger partial charge on any atom is -0.484 e. The van der Waals surface area contributed by atoms with Gasteiger partial charge in [-0.2, -0.15) is 23.0 Å². The molecular formula is C20H18F5N7O2. The molecule has 1 atom stereocenters. The predicted molar refractivity (Wildman–Crippen MR) is 106 cm³/mol. The van der Waals surface area contributed by atoms with Gasteiger partial charge >= 0.3 is 6.18 Å². The van der Waals surface area contributed by atoms with Gasteiger partial charge in [-0.1, -0.05) is 0 Å². The third-order valence-electron chi connectivity index (χ3n) is 4.88. The Morgan fingerprint density at radius 3 is 2.53 bits per heavy atom. The molecule has 14 heteroatoms. The molecule has 1 amide bonds. The Morgan fingerprint density at radius 1 is 1.21 bits per heavy atom. The number of rotatable bonds is 8. The third kappa shape index (κ3) is 5.43. The second-order valence-electron chi connectivity index (χ2n) is 7.58. The third-order valence-corrected chi connectivity index (χ3v) is 4.88. The highest BCUT2D eigenvalue weighted by atomic mass is 19.4. The highest BCUT2D eigenvalue weighted by Gasteiger charge is 2.36. The van der Waals surface area contributed by atoms with Gasteiger partial charge in [0.2, 0.25) is 0 Å². The minimum absolute atomic E-state index is 0.0247. The molecule has 4 rings (SSSR count). The fourth-order valence-electron chi connectivity index (χ4n) is 3.11. The van der Waals surface area contributed by atoms with E-state index in [4.69, 9.17) is 4.74 Å². The Labute approximate surface area is 189 Å². The van der Waals surface area contributed by atoms with E-state index in [1.807, 2.05) is 0 Å². The van der Waals surface area contributed by atoms with Crippen molar-refractivity contribution in [2.24, 2.45) is 0 Å². The van der Waals surface area contributed by atoms with E-state index in [-0.39, 0.29) is 34.7 Å². The Morgan fingerprint density at radius 2 is 1.91 bits per heavy atom. The molecule has 0 aliphatic heterocycles. The quantitative estimate of drug-likeness (QED) is 0.489. The second kappa shape index (κ2) is 9.27. The van der Waals surface area contributed by atoms with Crippen molar-refractivity contribution in [1.29, 1.82) is 0 Å². The van der Waals surface area contributed by atoms with Crippen LogP contribution in [0.4, 0.5) is 22.0 Å². The maximum atomic E-state index is 13.3. The number of pyridine rings is 1. The van der Waals surface area contributed by atoms with Crippen LogP contribution in [0.3, 0.4) is 0 Å². The second-order valence-corrected chi connectivity index (χ2v) is 7.58. The molecule has 1 unspecified atom stereocenters. The largest absolute Gasteiger partial charge is 0.484 e. The summed E-state index contributed by atoms with van der Waals surface area (Å²) in [7, 11) is 0. The summed E-state index contributed by atoms with van der Waals surface area (Å²) < 4.78 is 70.3. The van der Waals surface area contributed by atoms with E-state index in [1.165, 1.54) is 29.5 Å². The first-order valence-corrected chi connectivity index (χ1v) is 10.1. The Balaban J connectivity index is 1.51. The van der Waals surface area contributed by atoms with E-state index in [1.54, 1.807) is 6.92 Å². The fraction of sp³-hybridized carbons (Fsp3) is 0.400. The van der Waals surface area contributed by atoms with Gasteiger partial charge in [-0.15, -0.1) is 0 Å².